The maximum atomic E-state index is 13.6. The highest BCUT2D eigenvalue weighted by molar-refractivity contribution is 7.89. The molecule has 10 heteroatoms. The third-order valence-corrected chi connectivity index (χ3v) is 5.08. The Bertz CT molecular complexity index is 1060. The fraction of sp³-hybridized carbons (Fsp3) is 0.111. The smallest absolute Gasteiger partial charge is 0.243 e. The van der Waals surface area contributed by atoms with E-state index in [1.807, 2.05) is 0 Å². The van der Waals surface area contributed by atoms with Crippen molar-refractivity contribution >= 4 is 10.0 Å². The minimum absolute atomic E-state index is 0.110. The van der Waals surface area contributed by atoms with Gasteiger partial charge in [0.2, 0.25) is 15.9 Å². The van der Waals surface area contributed by atoms with E-state index in [0.29, 0.717) is 17.3 Å². The second-order valence-electron chi connectivity index (χ2n) is 5.58. The average Bonchev–Trinajstić information content (AvgIpc) is 2.68. The third-order valence-electron chi connectivity index (χ3n) is 3.61. The molecular weight excluding hydrogens is 395 g/mol. The van der Waals surface area contributed by atoms with E-state index in [9.17, 15) is 21.6 Å². The molecule has 3 rings (SSSR count). The molecule has 0 amide bonds. The van der Waals surface area contributed by atoms with Crippen LogP contribution in [0, 0.1) is 17.5 Å². The molecule has 0 bridgehead atoms. The van der Waals surface area contributed by atoms with Crippen molar-refractivity contribution < 1.29 is 26.3 Å². The molecule has 1 N–H and O–H groups in total. The van der Waals surface area contributed by atoms with E-state index < -0.39 is 26.6 Å². The van der Waals surface area contributed by atoms with Crippen LogP contribution in [0.5, 0.6) is 5.88 Å². The van der Waals surface area contributed by atoms with Gasteiger partial charge in [0.25, 0.3) is 0 Å². The van der Waals surface area contributed by atoms with Crippen molar-refractivity contribution in [3.05, 3.63) is 72.0 Å². The molecule has 0 saturated carbocycles. The summed E-state index contributed by atoms with van der Waals surface area (Å²) in [5, 5.41) is 7.79. The van der Waals surface area contributed by atoms with Crippen molar-refractivity contribution in [2.75, 3.05) is 13.2 Å². The highest BCUT2D eigenvalue weighted by atomic mass is 32.2. The Kier molecular flexibility index (Phi) is 5.90. The summed E-state index contributed by atoms with van der Waals surface area (Å²) in [5.41, 5.74) is 1.18. The fourth-order valence-corrected chi connectivity index (χ4v) is 3.36. The first-order chi connectivity index (χ1) is 13.3. The van der Waals surface area contributed by atoms with Crippen molar-refractivity contribution in [1.29, 1.82) is 0 Å². The van der Waals surface area contributed by atoms with Gasteiger partial charge in [0.15, 0.2) is 0 Å². The predicted molar refractivity (Wildman–Crippen MR) is 94.5 cm³/mol. The first-order valence-corrected chi connectivity index (χ1v) is 9.51. The van der Waals surface area contributed by atoms with Crippen LogP contribution in [0.2, 0.25) is 0 Å². The summed E-state index contributed by atoms with van der Waals surface area (Å²) >= 11 is 0. The minimum Gasteiger partial charge on any atom is -0.475 e. The highest BCUT2D eigenvalue weighted by Crippen LogP contribution is 2.18. The Morgan fingerprint density at radius 1 is 0.893 bits per heavy atom. The zero-order chi connectivity index (χ0) is 20.1. The van der Waals surface area contributed by atoms with Crippen molar-refractivity contribution in [3.63, 3.8) is 0 Å². The highest BCUT2D eigenvalue weighted by Gasteiger charge is 2.19. The first-order valence-electron chi connectivity index (χ1n) is 8.02. The zero-order valence-corrected chi connectivity index (χ0v) is 15.1. The molecule has 0 fully saturated rings. The summed E-state index contributed by atoms with van der Waals surface area (Å²) < 4.78 is 71.1. The third kappa shape index (κ3) is 4.84. The molecule has 3 aromatic rings. The molecule has 0 aliphatic rings. The van der Waals surface area contributed by atoms with Gasteiger partial charge < -0.3 is 4.74 Å². The van der Waals surface area contributed by atoms with Gasteiger partial charge in [0.1, 0.15) is 29.0 Å². The van der Waals surface area contributed by atoms with Gasteiger partial charge in [-0.05, 0) is 48.5 Å². The van der Waals surface area contributed by atoms with Crippen LogP contribution >= 0.6 is 0 Å². The number of ether oxygens (including phenoxy) is 1. The van der Waals surface area contributed by atoms with Crippen LogP contribution in [0.25, 0.3) is 11.3 Å². The van der Waals surface area contributed by atoms with E-state index >= 15 is 0 Å². The quantitative estimate of drug-likeness (QED) is 0.607. The van der Waals surface area contributed by atoms with Gasteiger partial charge in [-0.1, -0.05) is 0 Å². The number of aromatic nitrogens is 2. The molecule has 0 aliphatic heterocycles. The molecule has 0 aliphatic carbocycles. The lowest BCUT2D eigenvalue weighted by atomic mass is 10.1. The van der Waals surface area contributed by atoms with E-state index in [0.717, 1.165) is 12.1 Å². The van der Waals surface area contributed by atoms with E-state index in [1.165, 1.54) is 18.2 Å². The van der Waals surface area contributed by atoms with Gasteiger partial charge in [-0.2, -0.15) is 0 Å². The second-order valence-corrected chi connectivity index (χ2v) is 7.32. The Balaban J connectivity index is 1.55. The molecule has 0 saturated heterocycles. The number of nitrogens with one attached hydrogen (secondary N) is 1. The summed E-state index contributed by atoms with van der Waals surface area (Å²) in [6.07, 6.45) is 0. The van der Waals surface area contributed by atoms with Gasteiger partial charge in [-0.25, -0.2) is 26.3 Å². The second kappa shape index (κ2) is 8.36. The van der Waals surface area contributed by atoms with Gasteiger partial charge >= 0.3 is 0 Å². The zero-order valence-electron chi connectivity index (χ0n) is 14.3. The number of benzene rings is 2. The SMILES string of the molecule is O=S(=O)(NCCOc1ccc(-c2ccc(F)cc2)nn1)c1cc(F)ccc1F. The van der Waals surface area contributed by atoms with Crippen LogP contribution in [-0.2, 0) is 10.0 Å². The maximum Gasteiger partial charge on any atom is 0.243 e. The standard InChI is InChI=1S/C18H14F3N3O3S/c19-13-3-1-12(2-4-13)16-7-8-18(24-23-16)27-10-9-22-28(25,26)17-11-14(20)5-6-15(17)21/h1-8,11,22H,9-10H2. The molecule has 1 aromatic heterocycles. The number of nitrogens with zero attached hydrogens (tertiary/aromatic N) is 2. The van der Waals surface area contributed by atoms with Gasteiger partial charge in [0.05, 0.1) is 5.69 Å². The molecule has 6 nitrogen and oxygen atoms in total. The summed E-state index contributed by atoms with van der Waals surface area (Å²) in [5.74, 6) is -2.15. The number of hydrogen-bond donors (Lipinski definition) is 1. The lowest BCUT2D eigenvalue weighted by Gasteiger charge is -2.09. The van der Waals surface area contributed by atoms with E-state index in [1.54, 1.807) is 18.2 Å². The molecule has 0 radical (unpaired) electrons. The average molecular weight is 409 g/mol. The number of halogens is 3. The summed E-state index contributed by atoms with van der Waals surface area (Å²) in [6.45, 7) is -0.305. The van der Waals surface area contributed by atoms with Crippen molar-refractivity contribution in [2.45, 2.75) is 4.90 Å². The summed E-state index contributed by atoms with van der Waals surface area (Å²) in [6, 6.07) is 11.0. The first kappa shape index (κ1) is 19.8. The maximum absolute atomic E-state index is 13.6. The molecule has 0 unspecified atom stereocenters. The minimum atomic E-state index is -4.23. The van der Waals surface area contributed by atoms with Crippen molar-refractivity contribution in [1.82, 2.24) is 14.9 Å². The molecular formula is C18H14F3N3O3S. The van der Waals surface area contributed by atoms with E-state index in [2.05, 4.69) is 14.9 Å². The van der Waals surface area contributed by atoms with Crippen LogP contribution in [0.4, 0.5) is 13.2 Å². The van der Waals surface area contributed by atoms with E-state index in [4.69, 9.17) is 4.74 Å². The molecule has 146 valence electrons. The molecule has 2 aromatic carbocycles. The number of sulfonamides is 1. The largest absolute Gasteiger partial charge is 0.475 e. The predicted octanol–water partition coefficient (Wildman–Crippen LogP) is 2.92. The Morgan fingerprint density at radius 3 is 2.29 bits per heavy atom. The molecule has 0 spiro atoms. The molecule has 28 heavy (non-hydrogen) atoms. The Hall–Kier alpha value is -2.98. The topological polar surface area (TPSA) is 81.2 Å². The number of hydrogen-bond acceptors (Lipinski definition) is 5. The van der Waals surface area contributed by atoms with E-state index in [-0.39, 0.29) is 24.8 Å². The number of rotatable bonds is 7. The van der Waals surface area contributed by atoms with Crippen LogP contribution in [0.15, 0.2) is 59.5 Å². The lowest BCUT2D eigenvalue weighted by molar-refractivity contribution is 0.307. The van der Waals surface area contributed by atoms with Crippen LogP contribution in [0.1, 0.15) is 0 Å². The molecule has 0 atom stereocenters. The van der Waals surface area contributed by atoms with Crippen LogP contribution in [0.3, 0.4) is 0 Å². The normalized spacial score (nSPS) is 11.4. The van der Waals surface area contributed by atoms with Gasteiger partial charge in [0, 0.05) is 18.2 Å². The fourth-order valence-electron chi connectivity index (χ4n) is 2.26. The Labute approximate surface area is 159 Å². The van der Waals surface area contributed by atoms with Crippen LogP contribution < -0.4 is 9.46 Å². The lowest BCUT2D eigenvalue weighted by Crippen LogP contribution is -2.29. The van der Waals surface area contributed by atoms with Gasteiger partial charge in [-0.3, -0.25) is 0 Å². The summed E-state index contributed by atoms with van der Waals surface area (Å²) in [4.78, 5) is -0.782. The Morgan fingerprint density at radius 2 is 1.61 bits per heavy atom. The van der Waals surface area contributed by atoms with Crippen LogP contribution in [-0.4, -0.2) is 31.8 Å². The summed E-state index contributed by atoms with van der Waals surface area (Å²) in [7, 11) is -4.23. The molecule has 1 heterocycles. The monoisotopic (exact) mass is 409 g/mol. The van der Waals surface area contributed by atoms with Gasteiger partial charge in [-0.15, -0.1) is 10.2 Å². The van der Waals surface area contributed by atoms with Crippen molar-refractivity contribution in [3.8, 4) is 17.1 Å². The van der Waals surface area contributed by atoms with Crippen molar-refractivity contribution in [2.24, 2.45) is 0 Å².